The molecule has 0 spiro atoms. The number of aromatic nitrogens is 1. The highest BCUT2D eigenvalue weighted by molar-refractivity contribution is 7.13. The molecular formula is C22H30N4O3S. The van der Waals surface area contributed by atoms with Gasteiger partial charge in [-0.15, -0.1) is 11.3 Å². The topological polar surface area (TPSA) is 91.4 Å². The summed E-state index contributed by atoms with van der Waals surface area (Å²) in [5.41, 5.74) is 2.67. The van der Waals surface area contributed by atoms with E-state index in [1.165, 1.54) is 16.2 Å². The lowest BCUT2D eigenvalue weighted by atomic mass is 10.1. The molecule has 0 fully saturated rings. The van der Waals surface area contributed by atoms with Crippen LogP contribution in [0.3, 0.4) is 0 Å². The average molecular weight is 431 g/mol. The molecule has 1 aromatic carbocycles. The second kappa shape index (κ2) is 11.4. The molecule has 0 aliphatic carbocycles. The van der Waals surface area contributed by atoms with Crippen molar-refractivity contribution in [1.82, 2.24) is 10.3 Å². The van der Waals surface area contributed by atoms with E-state index >= 15 is 0 Å². The molecule has 0 radical (unpaired) electrons. The first-order valence-electron chi connectivity index (χ1n) is 10.1. The van der Waals surface area contributed by atoms with Crippen molar-refractivity contribution in [2.24, 2.45) is 5.92 Å². The van der Waals surface area contributed by atoms with E-state index in [2.05, 4.69) is 29.5 Å². The Morgan fingerprint density at radius 1 is 1.13 bits per heavy atom. The molecule has 2 aromatic rings. The summed E-state index contributed by atoms with van der Waals surface area (Å²) in [5, 5.41) is 7.82. The third kappa shape index (κ3) is 7.26. The number of carbonyl (C=O) groups excluding carboxylic acids is 3. The highest BCUT2D eigenvalue weighted by atomic mass is 32.1. The van der Waals surface area contributed by atoms with Crippen molar-refractivity contribution in [3.63, 3.8) is 0 Å². The Bertz CT molecular complexity index is 865. The molecule has 0 saturated carbocycles. The summed E-state index contributed by atoms with van der Waals surface area (Å²) in [5.74, 6) is -0.270. The molecule has 0 unspecified atom stereocenters. The van der Waals surface area contributed by atoms with Crippen molar-refractivity contribution >= 4 is 39.9 Å². The van der Waals surface area contributed by atoms with Gasteiger partial charge in [-0.1, -0.05) is 26.0 Å². The fourth-order valence-electron chi connectivity index (χ4n) is 2.86. The van der Waals surface area contributed by atoms with Crippen molar-refractivity contribution in [3.05, 3.63) is 40.9 Å². The summed E-state index contributed by atoms with van der Waals surface area (Å²) in [7, 11) is 0. The molecular weight excluding hydrogens is 400 g/mol. The first-order chi connectivity index (χ1) is 14.3. The molecule has 3 amide bonds. The van der Waals surface area contributed by atoms with Crippen LogP contribution in [0.4, 0.5) is 10.8 Å². The van der Waals surface area contributed by atoms with Crippen molar-refractivity contribution < 1.29 is 14.4 Å². The number of benzene rings is 1. The maximum atomic E-state index is 13.0. The number of rotatable bonds is 10. The van der Waals surface area contributed by atoms with E-state index in [0.29, 0.717) is 23.3 Å². The number of carbonyl (C=O) groups is 3. The molecule has 30 heavy (non-hydrogen) atoms. The van der Waals surface area contributed by atoms with Crippen LogP contribution in [0, 0.1) is 19.8 Å². The Hall–Kier alpha value is -2.74. The monoisotopic (exact) mass is 430 g/mol. The first-order valence-corrected chi connectivity index (χ1v) is 11.0. The van der Waals surface area contributed by atoms with Gasteiger partial charge in [-0.2, -0.15) is 0 Å². The zero-order valence-electron chi connectivity index (χ0n) is 18.0. The SMILES string of the molecule is Cc1cccc(N(CC(=O)NCCC(C)C)C(=O)CCC(=O)Nc2nccs2)c1C. The quantitative estimate of drug-likeness (QED) is 0.602. The van der Waals surface area contributed by atoms with Crippen LogP contribution in [-0.2, 0) is 14.4 Å². The Morgan fingerprint density at radius 2 is 1.90 bits per heavy atom. The van der Waals surface area contributed by atoms with Gasteiger partial charge >= 0.3 is 0 Å². The van der Waals surface area contributed by atoms with E-state index < -0.39 is 0 Å². The number of thiazole rings is 1. The average Bonchev–Trinajstić information content (AvgIpc) is 3.19. The van der Waals surface area contributed by atoms with Gasteiger partial charge in [0.25, 0.3) is 0 Å². The molecule has 0 saturated heterocycles. The van der Waals surface area contributed by atoms with E-state index in [1.54, 1.807) is 11.6 Å². The summed E-state index contributed by atoms with van der Waals surface area (Å²) >= 11 is 1.32. The standard InChI is InChI=1S/C22H30N4O3S/c1-15(2)10-11-23-20(28)14-26(18-7-5-6-16(3)17(18)4)21(29)9-8-19(27)25-22-24-12-13-30-22/h5-7,12-13,15H,8-11,14H2,1-4H3,(H,23,28)(H,24,25,27). The van der Waals surface area contributed by atoms with Gasteiger partial charge in [-0.05, 0) is 43.4 Å². The second-order valence-electron chi connectivity index (χ2n) is 7.62. The van der Waals surface area contributed by atoms with Crippen LogP contribution in [0.1, 0.15) is 44.2 Å². The van der Waals surface area contributed by atoms with Crippen molar-refractivity contribution in [3.8, 4) is 0 Å². The van der Waals surface area contributed by atoms with Gasteiger partial charge in [0.2, 0.25) is 17.7 Å². The Kier molecular flexibility index (Phi) is 8.98. The largest absolute Gasteiger partial charge is 0.355 e. The predicted octanol–water partition coefficient (Wildman–Crippen LogP) is 3.67. The molecule has 162 valence electrons. The van der Waals surface area contributed by atoms with Gasteiger partial charge in [0.15, 0.2) is 5.13 Å². The van der Waals surface area contributed by atoms with Crippen molar-refractivity contribution in [2.45, 2.75) is 47.0 Å². The molecule has 2 rings (SSSR count). The normalized spacial score (nSPS) is 10.7. The Balaban J connectivity index is 2.06. The molecule has 8 heteroatoms. The van der Waals surface area contributed by atoms with Crippen LogP contribution in [0.2, 0.25) is 0 Å². The summed E-state index contributed by atoms with van der Waals surface area (Å²) in [4.78, 5) is 43.1. The van der Waals surface area contributed by atoms with Gasteiger partial charge in [0.05, 0.1) is 0 Å². The maximum absolute atomic E-state index is 13.0. The Labute approximate surface area is 181 Å². The fraction of sp³-hybridized carbons (Fsp3) is 0.455. The zero-order valence-corrected chi connectivity index (χ0v) is 18.8. The lowest BCUT2D eigenvalue weighted by Gasteiger charge is -2.25. The highest BCUT2D eigenvalue weighted by Gasteiger charge is 2.22. The highest BCUT2D eigenvalue weighted by Crippen LogP contribution is 2.24. The number of nitrogens with one attached hydrogen (secondary N) is 2. The van der Waals surface area contributed by atoms with Gasteiger partial charge in [0, 0.05) is 36.7 Å². The lowest BCUT2D eigenvalue weighted by Crippen LogP contribution is -2.42. The second-order valence-corrected chi connectivity index (χ2v) is 8.51. The number of amides is 3. The first kappa shape index (κ1) is 23.5. The minimum Gasteiger partial charge on any atom is -0.355 e. The van der Waals surface area contributed by atoms with Crippen LogP contribution in [0.25, 0.3) is 0 Å². The number of anilines is 2. The smallest absolute Gasteiger partial charge is 0.240 e. The van der Waals surface area contributed by atoms with Crippen LogP contribution in [0.15, 0.2) is 29.8 Å². The lowest BCUT2D eigenvalue weighted by molar-refractivity contribution is -0.125. The third-order valence-corrected chi connectivity index (χ3v) is 5.45. The van der Waals surface area contributed by atoms with Crippen molar-refractivity contribution in [2.75, 3.05) is 23.3 Å². The van der Waals surface area contributed by atoms with Crippen LogP contribution in [-0.4, -0.2) is 35.8 Å². The van der Waals surface area contributed by atoms with E-state index in [9.17, 15) is 14.4 Å². The summed E-state index contributed by atoms with van der Waals surface area (Å²) in [6.45, 7) is 8.57. The van der Waals surface area contributed by atoms with Gasteiger partial charge in [-0.25, -0.2) is 4.98 Å². The molecule has 1 aromatic heterocycles. The van der Waals surface area contributed by atoms with Crippen LogP contribution < -0.4 is 15.5 Å². The van der Waals surface area contributed by atoms with Crippen LogP contribution in [0.5, 0.6) is 0 Å². The van der Waals surface area contributed by atoms with E-state index in [4.69, 9.17) is 0 Å². The number of hydrogen-bond donors (Lipinski definition) is 2. The minimum absolute atomic E-state index is 0.00383. The van der Waals surface area contributed by atoms with E-state index in [0.717, 1.165) is 17.5 Å². The van der Waals surface area contributed by atoms with Gasteiger partial charge in [-0.3, -0.25) is 14.4 Å². The molecule has 1 heterocycles. The van der Waals surface area contributed by atoms with Crippen LogP contribution >= 0.6 is 11.3 Å². The van der Waals surface area contributed by atoms with E-state index in [-0.39, 0.29) is 37.1 Å². The molecule has 2 N–H and O–H groups in total. The summed E-state index contributed by atoms with van der Waals surface area (Å²) in [6.07, 6.45) is 2.50. The molecule has 0 aliphatic heterocycles. The maximum Gasteiger partial charge on any atom is 0.240 e. The Morgan fingerprint density at radius 3 is 2.57 bits per heavy atom. The number of nitrogens with zero attached hydrogens (tertiary/aromatic N) is 2. The minimum atomic E-state index is -0.277. The van der Waals surface area contributed by atoms with Gasteiger partial charge in [0.1, 0.15) is 6.54 Å². The number of aryl methyl sites for hydroxylation is 1. The molecule has 0 atom stereocenters. The summed E-state index contributed by atoms with van der Waals surface area (Å²) in [6, 6.07) is 5.66. The summed E-state index contributed by atoms with van der Waals surface area (Å²) < 4.78 is 0. The molecule has 7 nitrogen and oxygen atoms in total. The molecule has 0 bridgehead atoms. The van der Waals surface area contributed by atoms with E-state index in [1.807, 2.05) is 32.0 Å². The zero-order chi connectivity index (χ0) is 22.1. The third-order valence-electron chi connectivity index (χ3n) is 4.76. The number of hydrogen-bond acceptors (Lipinski definition) is 5. The van der Waals surface area contributed by atoms with Gasteiger partial charge < -0.3 is 15.5 Å². The predicted molar refractivity (Wildman–Crippen MR) is 121 cm³/mol. The van der Waals surface area contributed by atoms with Crippen molar-refractivity contribution in [1.29, 1.82) is 0 Å². The molecule has 0 aliphatic rings. The fourth-order valence-corrected chi connectivity index (χ4v) is 3.40.